The highest BCUT2D eigenvalue weighted by atomic mass is 19.1. The van der Waals surface area contributed by atoms with Gasteiger partial charge in [-0.25, -0.2) is 9.18 Å². The zero-order valence-electron chi connectivity index (χ0n) is 13.6. The van der Waals surface area contributed by atoms with Crippen molar-refractivity contribution < 1.29 is 13.9 Å². The summed E-state index contributed by atoms with van der Waals surface area (Å²) in [6.45, 7) is 6.18. The number of amides is 1. The molecule has 0 radical (unpaired) electrons. The van der Waals surface area contributed by atoms with Crippen molar-refractivity contribution in [3.8, 4) is 0 Å². The molecule has 0 saturated heterocycles. The summed E-state index contributed by atoms with van der Waals surface area (Å²) in [7, 11) is 0. The van der Waals surface area contributed by atoms with Gasteiger partial charge in [0.1, 0.15) is 11.4 Å². The lowest BCUT2D eigenvalue weighted by Crippen LogP contribution is -2.35. The van der Waals surface area contributed by atoms with Gasteiger partial charge in [-0.2, -0.15) is 0 Å². The summed E-state index contributed by atoms with van der Waals surface area (Å²) >= 11 is 0. The number of aromatic nitrogens is 1. The van der Waals surface area contributed by atoms with Crippen molar-refractivity contribution in [1.29, 1.82) is 0 Å². The number of rotatable bonds is 1. The lowest BCUT2D eigenvalue weighted by atomic mass is 9.99. The molecule has 5 heteroatoms. The van der Waals surface area contributed by atoms with Gasteiger partial charge < -0.3 is 9.72 Å². The number of carbonyl (C=O) groups is 1. The van der Waals surface area contributed by atoms with Gasteiger partial charge in [0.15, 0.2) is 0 Å². The fourth-order valence-corrected chi connectivity index (χ4v) is 2.78. The molecule has 1 amide bonds. The average Bonchev–Trinajstić information content (AvgIpc) is 2.88. The van der Waals surface area contributed by atoms with Crippen LogP contribution in [0.5, 0.6) is 0 Å². The summed E-state index contributed by atoms with van der Waals surface area (Å²) in [5.41, 5.74) is 2.32. The average molecular weight is 316 g/mol. The Morgan fingerprint density at radius 2 is 2.13 bits per heavy atom. The number of aromatic amines is 1. The Morgan fingerprint density at radius 3 is 2.87 bits per heavy atom. The molecule has 3 rings (SSSR count). The monoisotopic (exact) mass is 316 g/mol. The molecule has 1 aliphatic heterocycles. The largest absolute Gasteiger partial charge is 0.443 e. The van der Waals surface area contributed by atoms with Crippen molar-refractivity contribution in [2.45, 2.75) is 39.2 Å². The quantitative estimate of drug-likeness (QED) is 0.830. The van der Waals surface area contributed by atoms with Crippen LogP contribution in [0.25, 0.3) is 16.5 Å². The molecule has 0 fully saturated rings. The number of ether oxygens (including phenoxy) is 1. The van der Waals surface area contributed by atoms with Crippen LogP contribution < -0.4 is 0 Å². The minimum atomic E-state index is -0.521. The first-order valence-corrected chi connectivity index (χ1v) is 7.81. The zero-order valence-corrected chi connectivity index (χ0v) is 13.6. The fraction of sp³-hybridized carbons (Fsp3) is 0.389. The van der Waals surface area contributed by atoms with Crippen LogP contribution in [0.4, 0.5) is 9.18 Å². The second-order valence-electron chi connectivity index (χ2n) is 6.82. The van der Waals surface area contributed by atoms with Gasteiger partial charge in [-0.1, -0.05) is 0 Å². The first-order chi connectivity index (χ1) is 10.8. The Morgan fingerprint density at radius 1 is 1.35 bits per heavy atom. The number of H-pyrrole nitrogens is 1. The highest BCUT2D eigenvalue weighted by molar-refractivity contribution is 5.93. The normalized spacial score (nSPS) is 15.7. The lowest BCUT2D eigenvalue weighted by Gasteiger charge is -2.28. The predicted molar refractivity (Wildman–Crippen MR) is 88.4 cm³/mol. The van der Waals surface area contributed by atoms with Crippen molar-refractivity contribution in [2.75, 3.05) is 6.54 Å². The maximum atomic E-state index is 13.5. The van der Waals surface area contributed by atoms with Crippen LogP contribution in [0.3, 0.4) is 0 Å². The Labute approximate surface area is 134 Å². The van der Waals surface area contributed by atoms with E-state index in [1.807, 2.05) is 33.2 Å². The van der Waals surface area contributed by atoms with Gasteiger partial charge in [0.2, 0.25) is 0 Å². The molecule has 4 nitrogen and oxygen atoms in total. The second kappa shape index (κ2) is 5.72. The number of nitrogens with one attached hydrogen (secondary N) is 1. The van der Waals surface area contributed by atoms with Crippen molar-refractivity contribution >= 4 is 22.6 Å². The first kappa shape index (κ1) is 15.6. The molecule has 0 aliphatic carbocycles. The van der Waals surface area contributed by atoms with Crippen molar-refractivity contribution in [3.05, 3.63) is 42.0 Å². The maximum absolute atomic E-state index is 13.5. The molecule has 0 bridgehead atoms. The van der Waals surface area contributed by atoms with Gasteiger partial charge in [-0.05, 0) is 57.4 Å². The molecule has 1 aromatic heterocycles. The number of allylic oxidation sites excluding steroid dienone is 1. The summed E-state index contributed by atoms with van der Waals surface area (Å²) in [4.78, 5) is 17.0. The SMILES string of the molecule is CC(C)(C)OC(=O)N1C=C(c2c[nH]c3ccc(F)cc23)CCC1. The van der Waals surface area contributed by atoms with Gasteiger partial charge in [0, 0.05) is 35.4 Å². The molecule has 0 saturated carbocycles. The van der Waals surface area contributed by atoms with Crippen molar-refractivity contribution in [1.82, 2.24) is 9.88 Å². The van der Waals surface area contributed by atoms with E-state index in [1.54, 1.807) is 11.0 Å². The summed E-state index contributed by atoms with van der Waals surface area (Å²) < 4.78 is 19.0. The lowest BCUT2D eigenvalue weighted by molar-refractivity contribution is 0.0329. The Balaban J connectivity index is 1.92. The number of hydrogen-bond donors (Lipinski definition) is 1. The van der Waals surface area contributed by atoms with Crippen LogP contribution in [0, 0.1) is 5.82 Å². The van der Waals surface area contributed by atoms with E-state index < -0.39 is 5.60 Å². The van der Waals surface area contributed by atoms with E-state index >= 15 is 0 Å². The Hall–Kier alpha value is -2.30. The standard InChI is InChI=1S/C18H21FN2O2/c1-18(2,3)23-17(22)21-8-4-5-12(11-21)15-10-20-16-7-6-13(19)9-14(15)16/h6-7,9-11,20H,4-5,8H2,1-3H3. The van der Waals surface area contributed by atoms with Crippen LogP contribution in [0.2, 0.25) is 0 Å². The smallest absolute Gasteiger partial charge is 0.414 e. The van der Waals surface area contributed by atoms with Crippen LogP contribution in [0.15, 0.2) is 30.6 Å². The highest BCUT2D eigenvalue weighted by Gasteiger charge is 2.24. The van der Waals surface area contributed by atoms with E-state index in [0.29, 0.717) is 6.54 Å². The number of carbonyl (C=O) groups excluding carboxylic acids is 1. The van der Waals surface area contributed by atoms with Gasteiger partial charge in [0.05, 0.1) is 0 Å². The van der Waals surface area contributed by atoms with Gasteiger partial charge >= 0.3 is 6.09 Å². The minimum absolute atomic E-state index is 0.265. The zero-order chi connectivity index (χ0) is 16.6. The number of benzene rings is 1. The molecule has 0 atom stereocenters. The molecule has 2 heterocycles. The van der Waals surface area contributed by atoms with Crippen LogP contribution in [-0.4, -0.2) is 28.1 Å². The highest BCUT2D eigenvalue weighted by Crippen LogP contribution is 2.31. The van der Waals surface area contributed by atoms with E-state index in [2.05, 4.69) is 4.98 Å². The summed E-state index contributed by atoms with van der Waals surface area (Å²) in [6.07, 6.45) is 5.05. The third kappa shape index (κ3) is 3.38. The summed E-state index contributed by atoms with van der Waals surface area (Å²) in [5, 5.41) is 0.835. The second-order valence-corrected chi connectivity index (χ2v) is 6.82. The van der Waals surface area contributed by atoms with E-state index in [9.17, 15) is 9.18 Å². The topological polar surface area (TPSA) is 45.3 Å². The Bertz CT molecular complexity index is 771. The minimum Gasteiger partial charge on any atom is -0.443 e. The van der Waals surface area contributed by atoms with E-state index in [-0.39, 0.29) is 11.9 Å². The molecule has 0 spiro atoms. The number of halogens is 1. The maximum Gasteiger partial charge on any atom is 0.414 e. The fourth-order valence-electron chi connectivity index (χ4n) is 2.78. The van der Waals surface area contributed by atoms with Gasteiger partial charge in [-0.3, -0.25) is 4.90 Å². The van der Waals surface area contributed by atoms with E-state index in [1.165, 1.54) is 12.1 Å². The van der Waals surface area contributed by atoms with Crippen LogP contribution in [0.1, 0.15) is 39.2 Å². The van der Waals surface area contributed by atoms with Crippen molar-refractivity contribution in [2.24, 2.45) is 0 Å². The molecular weight excluding hydrogens is 295 g/mol. The molecular formula is C18H21FN2O2. The number of fused-ring (bicyclic) bond motifs is 1. The van der Waals surface area contributed by atoms with Gasteiger partial charge in [0.25, 0.3) is 0 Å². The van der Waals surface area contributed by atoms with Crippen LogP contribution in [-0.2, 0) is 4.74 Å². The Kier molecular flexibility index (Phi) is 3.88. The van der Waals surface area contributed by atoms with Crippen LogP contribution >= 0.6 is 0 Å². The molecule has 1 aliphatic rings. The molecule has 1 N–H and O–H groups in total. The molecule has 0 unspecified atom stereocenters. The van der Waals surface area contributed by atoms with E-state index in [0.717, 1.165) is 34.9 Å². The third-order valence-electron chi connectivity index (χ3n) is 3.77. The molecule has 122 valence electrons. The first-order valence-electron chi connectivity index (χ1n) is 7.81. The number of hydrogen-bond acceptors (Lipinski definition) is 2. The third-order valence-corrected chi connectivity index (χ3v) is 3.77. The van der Waals surface area contributed by atoms with Gasteiger partial charge in [-0.15, -0.1) is 0 Å². The molecule has 1 aromatic carbocycles. The summed E-state index contributed by atoms with van der Waals surface area (Å²) in [6, 6.07) is 4.68. The predicted octanol–water partition coefficient (Wildman–Crippen LogP) is 4.68. The van der Waals surface area contributed by atoms with Crippen molar-refractivity contribution in [3.63, 3.8) is 0 Å². The van der Waals surface area contributed by atoms with E-state index in [4.69, 9.17) is 4.74 Å². The summed E-state index contributed by atoms with van der Waals surface area (Å²) in [5.74, 6) is -0.265. The molecule has 2 aromatic rings. The molecule has 23 heavy (non-hydrogen) atoms. The number of nitrogens with zero attached hydrogens (tertiary/aromatic N) is 1.